The summed E-state index contributed by atoms with van der Waals surface area (Å²) >= 11 is 2.23. The molecule has 1 aliphatic rings. The molecule has 60 heavy (non-hydrogen) atoms. The van der Waals surface area contributed by atoms with E-state index in [2.05, 4.69) is 22.6 Å². The van der Waals surface area contributed by atoms with Gasteiger partial charge in [-0.05, 0) is 107 Å². The number of rotatable bonds is 5. The van der Waals surface area contributed by atoms with E-state index in [0.717, 1.165) is 25.8 Å². The van der Waals surface area contributed by atoms with Gasteiger partial charge in [-0.15, -0.1) is 0 Å². The molecular weight excluding hydrogens is 875 g/mol. The number of halogens is 1. The first-order valence-corrected chi connectivity index (χ1v) is 20.6. The highest BCUT2D eigenvalue weighted by molar-refractivity contribution is 14.1. The molecule has 10 nitrogen and oxygen atoms in total. The lowest BCUT2D eigenvalue weighted by molar-refractivity contribution is -0.133. The van der Waals surface area contributed by atoms with Crippen LogP contribution >= 0.6 is 22.6 Å². The molecule has 11 heteroatoms. The standard InChI is InChI=1S/C49H47IO10/c1-25-10-34-18-35-11-26(2)13-37(46(35)57-30(6)52)20-39-15-28(4)17-41(48(39)59-32(8)54)22-43-24-44(50)23-42(49(43)60-33(9)55)21-40-16-27(3)14-38(47(40)58-31(7)53)19-36(12-25)45(34)56-29(5)51/h10-17,23-24H,18-22H2,1-9H3. The number of aryl methyl sites for hydroxylation is 4. The van der Waals surface area contributed by atoms with E-state index >= 15 is 0 Å². The number of esters is 5. The van der Waals surface area contributed by atoms with Crippen molar-refractivity contribution in [1.29, 1.82) is 0 Å². The van der Waals surface area contributed by atoms with Crippen molar-refractivity contribution in [2.45, 2.75) is 94.4 Å². The van der Waals surface area contributed by atoms with Crippen LogP contribution in [0.2, 0.25) is 0 Å². The van der Waals surface area contributed by atoms with Crippen LogP contribution in [0.3, 0.4) is 0 Å². The van der Waals surface area contributed by atoms with E-state index in [1.165, 1.54) is 34.6 Å². The summed E-state index contributed by atoms with van der Waals surface area (Å²) in [5.41, 5.74) is 10.3. The monoisotopic (exact) mass is 922 g/mol. The number of ether oxygens (including phenoxy) is 5. The smallest absolute Gasteiger partial charge is 0.308 e. The quantitative estimate of drug-likeness (QED) is 0.0937. The fraction of sp³-hybridized carbons (Fsp3) is 0.286. The van der Waals surface area contributed by atoms with Crippen molar-refractivity contribution >= 4 is 52.4 Å². The van der Waals surface area contributed by atoms with Crippen LogP contribution in [0, 0.1) is 31.3 Å². The summed E-state index contributed by atoms with van der Waals surface area (Å²) < 4.78 is 31.0. The largest absolute Gasteiger partial charge is 0.426 e. The second kappa shape index (κ2) is 18.2. The van der Waals surface area contributed by atoms with Crippen molar-refractivity contribution in [3.05, 3.63) is 142 Å². The topological polar surface area (TPSA) is 132 Å². The Kier molecular flexibility index (Phi) is 13.3. The van der Waals surface area contributed by atoms with Crippen LogP contribution in [0.15, 0.2) is 60.7 Å². The molecule has 0 atom stereocenters. The van der Waals surface area contributed by atoms with E-state index in [1.807, 2.05) is 88.4 Å². The molecule has 1 aliphatic carbocycles. The van der Waals surface area contributed by atoms with Crippen LogP contribution < -0.4 is 23.7 Å². The van der Waals surface area contributed by atoms with E-state index in [4.69, 9.17) is 23.7 Å². The van der Waals surface area contributed by atoms with Crippen molar-refractivity contribution in [1.82, 2.24) is 0 Å². The molecule has 0 heterocycles. The van der Waals surface area contributed by atoms with E-state index in [1.54, 1.807) is 0 Å². The Morgan fingerprint density at radius 1 is 0.333 bits per heavy atom. The van der Waals surface area contributed by atoms with Gasteiger partial charge in [0.15, 0.2) is 0 Å². The Balaban J connectivity index is 1.75. The highest BCUT2D eigenvalue weighted by atomic mass is 127. The summed E-state index contributed by atoms with van der Waals surface area (Å²) in [7, 11) is 0. The lowest BCUT2D eigenvalue weighted by Gasteiger charge is -2.22. The second-order valence-corrected chi connectivity index (χ2v) is 16.8. The Morgan fingerprint density at radius 3 is 0.633 bits per heavy atom. The molecule has 0 spiro atoms. The molecule has 0 amide bonds. The van der Waals surface area contributed by atoms with Gasteiger partial charge in [0.25, 0.3) is 0 Å². The first-order valence-electron chi connectivity index (χ1n) is 19.6. The molecule has 0 aromatic heterocycles. The first kappa shape index (κ1) is 43.8. The van der Waals surface area contributed by atoms with E-state index in [-0.39, 0.29) is 32.1 Å². The maximum absolute atomic E-state index is 12.8. The van der Waals surface area contributed by atoms with Gasteiger partial charge in [-0.1, -0.05) is 70.8 Å². The maximum atomic E-state index is 12.8. The third kappa shape index (κ3) is 10.5. The van der Waals surface area contributed by atoms with Gasteiger partial charge in [0, 0.05) is 81.4 Å². The average molecular weight is 923 g/mol. The van der Waals surface area contributed by atoms with E-state index in [0.29, 0.717) is 84.4 Å². The predicted molar refractivity (Wildman–Crippen MR) is 234 cm³/mol. The number of fused-ring (bicyclic) bond motifs is 10. The Bertz CT molecular complexity index is 2070. The molecule has 5 aromatic carbocycles. The minimum Gasteiger partial charge on any atom is -0.426 e. The number of hydrogen-bond acceptors (Lipinski definition) is 10. The molecule has 10 bridgehead atoms. The molecule has 0 N–H and O–H groups in total. The molecule has 0 unspecified atom stereocenters. The first-order chi connectivity index (χ1) is 28.3. The zero-order valence-corrected chi connectivity index (χ0v) is 37.4. The van der Waals surface area contributed by atoms with Gasteiger partial charge >= 0.3 is 29.8 Å². The number of carbonyl (C=O) groups is 5. The molecule has 6 rings (SSSR count). The molecule has 0 fully saturated rings. The van der Waals surface area contributed by atoms with Crippen LogP contribution in [0.25, 0.3) is 0 Å². The summed E-state index contributed by atoms with van der Waals surface area (Å²) in [4.78, 5) is 64.1. The van der Waals surface area contributed by atoms with Crippen molar-refractivity contribution in [2.24, 2.45) is 0 Å². The van der Waals surface area contributed by atoms with Crippen molar-refractivity contribution < 1.29 is 47.7 Å². The number of hydrogen-bond donors (Lipinski definition) is 0. The summed E-state index contributed by atoms with van der Waals surface area (Å²) in [5, 5.41) is 0. The molecule has 5 aromatic rings. The molecule has 310 valence electrons. The zero-order chi connectivity index (χ0) is 43.6. The average Bonchev–Trinajstić information content (AvgIpc) is 3.11. The van der Waals surface area contributed by atoms with Gasteiger partial charge in [0.1, 0.15) is 28.7 Å². The van der Waals surface area contributed by atoms with Gasteiger partial charge in [0.05, 0.1) is 0 Å². The molecule has 0 saturated carbocycles. The lowest BCUT2D eigenvalue weighted by atomic mass is 9.89. The Hall–Kier alpha value is -5.82. The Morgan fingerprint density at radius 2 is 0.483 bits per heavy atom. The highest BCUT2D eigenvalue weighted by Gasteiger charge is 2.26. The van der Waals surface area contributed by atoms with Crippen LogP contribution in [-0.4, -0.2) is 29.8 Å². The number of carbonyl (C=O) groups excluding carboxylic acids is 5. The third-order valence-corrected chi connectivity index (χ3v) is 10.5. The molecule has 0 radical (unpaired) electrons. The fourth-order valence-electron chi connectivity index (χ4n) is 8.14. The summed E-state index contributed by atoms with van der Waals surface area (Å²) in [6.07, 6.45) is 1.13. The van der Waals surface area contributed by atoms with Gasteiger partial charge in [-0.25, -0.2) is 0 Å². The second-order valence-electron chi connectivity index (χ2n) is 15.6. The third-order valence-electron chi connectivity index (χ3n) is 9.89. The van der Waals surface area contributed by atoms with Crippen LogP contribution in [0.1, 0.15) is 113 Å². The number of benzene rings is 5. The van der Waals surface area contributed by atoms with Gasteiger partial charge in [0.2, 0.25) is 0 Å². The van der Waals surface area contributed by atoms with Crippen molar-refractivity contribution in [2.75, 3.05) is 0 Å². The van der Waals surface area contributed by atoms with Crippen LogP contribution in [0.5, 0.6) is 28.7 Å². The summed E-state index contributed by atoms with van der Waals surface area (Å²) in [6, 6.07) is 19.4. The van der Waals surface area contributed by atoms with Gasteiger partial charge in [-0.3, -0.25) is 24.0 Å². The van der Waals surface area contributed by atoms with E-state index < -0.39 is 29.8 Å². The van der Waals surface area contributed by atoms with Crippen molar-refractivity contribution in [3.63, 3.8) is 0 Å². The van der Waals surface area contributed by atoms with Crippen LogP contribution in [0.4, 0.5) is 0 Å². The molecule has 0 saturated heterocycles. The summed E-state index contributed by atoms with van der Waals surface area (Å²) in [6.45, 7) is 14.5. The fourth-order valence-corrected chi connectivity index (χ4v) is 8.89. The van der Waals surface area contributed by atoms with E-state index in [9.17, 15) is 24.0 Å². The zero-order valence-electron chi connectivity index (χ0n) is 35.3. The summed E-state index contributed by atoms with van der Waals surface area (Å²) in [5.74, 6) is -0.900. The minimum atomic E-state index is -0.523. The van der Waals surface area contributed by atoms with Crippen molar-refractivity contribution in [3.8, 4) is 28.7 Å². The maximum Gasteiger partial charge on any atom is 0.308 e. The molecular formula is C49H47IO10. The normalized spacial score (nSPS) is 12.2. The Labute approximate surface area is 363 Å². The van der Waals surface area contributed by atoms with Gasteiger partial charge in [-0.2, -0.15) is 0 Å². The van der Waals surface area contributed by atoms with Gasteiger partial charge < -0.3 is 23.7 Å². The predicted octanol–water partition coefficient (Wildman–Crippen LogP) is 9.42. The minimum absolute atomic E-state index is 0.225. The highest BCUT2D eigenvalue weighted by Crippen LogP contribution is 2.41. The van der Waals surface area contributed by atoms with Crippen LogP contribution in [-0.2, 0) is 56.1 Å². The molecule has 0 aliphatic heterocycles. The SMILES string of the molecule is CC(=O)Oc1c2cc(C)cc1Cc1cc(C)cc(c1OC(C)=O)Cc1cc(I)cc(c1OC(C)=O)Cc1cc(C)cc(c1OC(C)=O)Cc1cc(C)cc(c1OC(C)=O)C2. The lowest BCUT2D eigenvalue weighted by Crippen LogP contribution is -2.13.